The lowest BCUT2D eigenvalue weighted by Crippen LogP contribution is -2.18. The Kier molecular flexibility index (Phi) is 2.89. The average molecular weight is 228 g/mol. The van der Waals surface area contributed by atoms with Gasteiger partial charge in [-0.2, -0.15) is 0 Å². The van der Waals surface area contributed by atoms with Crippen LogP contribution in [-0.2, 0) is 6.54 Å². The minimum Gasteiger partial charge on any atom is -0.347 e. The number of nitrogens with one attached hydrogen (secondary N) is 1. The number of aromatic nitrogens is 1. The maximum absolute atomic E-state index is 3.57. The molecule has 1 aromatic carbocycles. The summed E-state index contributed by atoms with van der Waals surface area (Å²) < 4.78 is 2.37. The zero-order chi connectivity index (χ0) is 11.7. The standard InChI is InChI=1S/C15H20N2/c1-12-4-2-5-15-14(12)8-11-17(15)10-3-9-16-13-6-7-13/h2,4-5,8,11,13,16H,3,6-7,9-10H2,1H3. The van der Waals surface area contributed by atoms with E-state index in [2.05, 4.69) is 47.3 Å². The maximum atomic E-state index is 3.57. The summed E-state index contributed by atoms with van der Waals surface area (Å²) in [6, 6.07) is 9.62. The van der Waals surface area contributed by atoms with Crippen molar-refractivity contribution in [3.63, 3.8) is 0 Å². The van der Waals surface area contributed by atoms with Crippen molar-refractivity contribution < 1.29 is 0 Å². The Hall–Kier alpha value is -1.28. The van der Waals surface area contributed by atoms with E-state index in [1.807, 2.05) is 0 Å². The zero-order valence-electron chi connectivity index (χ0n) is 10.4. The fourth-order valence-electron chi connectivity index (χ4n) is 2.42. The van der Waals surface area contributed by atoms with E-state index in [1.54, 1.807) is 0 Å². The lowest BCUT2D eigenvalue weighted by atomic mass is 10.1. The number of hydrogen-bond donors (Lipinski definition) is 1. The molecule has 0 bridgehead atoms. The molecule has 17 heavy (non-hydrogen) atoms. The molecular weight excluding hydrogens is 208 g/mol. The van der Waals surface area contributed by atoms with Crippen molar-refractivity contribution in [2.45, 2.75) is 38.8 Å². The minimum absolute atomic E-state index is 0.832. The maximum Gasteiger partial charge on any atom is 0.0482 e. The van der Waals surface area contributed by atoms with Gasteiger partial charge in [0.05, 0.1) is 0 Å². The predicted molar refractivity (Wildman–Crippen MR) is 72.3 cm³/mol. The second-order valence-electron chi connectivity index (χ2n) is 5.10. The van der Waals surface area contributed by atoms with Crippen molar-refractivity contribution in [3.05, 3.63) is 36.0 Å². The molecule has 1 saturated carbocycles. The zero-order valence-corrected chi connectivity index (χ0v) is 10.4. The van der Waals surface area contributed by atoms with Gasteiger partial charge in [0.15, 0.2) is 0 Å². The molecule has 0 amide bonds. The average Bonchev–Trinajstić information content (AvgIpc) is 3.06. The van der Waals surface area contributed by atoms with Crippen molar-refractivity contribution in [1.82, 2.24) is 9.88 Å². The quantitative estimate of drug-likeness (QED) is 0.778. The van der Waals surface area contributed by atoms with Crippen LogP contribution in [0.15, 0.2) is 30.5 Å². The first-order valence-corrected chi connectivity index (χ1v) is 6.62. The SMILES string of the molecule is Cc1cccc2c1ccn2CCCNC1CC1. The van der Waals surface area contributed by atoms with Crippen LogP contribution in [0.25, 0.3) is 10.9 Å². The van der Waals surface area contributed by atoms with Crippen LogP contribution in [0.3, 0.4) is 0 Å². The molecule has 0 spiro atoms. The molecule has 1 heterocycles. The summed E-state index contributed by atoms with van der Waals surface area (Å²) in [5.41, 5.74) is 2.74. The van der Waals surface area contributed by atoms with Crippen LogP contribution < -0.4 is 5.32 Å². The van der Waals surface area contributed by atoms with Crippen LogP contribution in [0, 0.1) is 6.92 Å². The number of aryl methyl sites for hydroxylation is 2. The van der Waals surface area contributed by atoms with Gasteiger partial charge in [-0.3, -0.25) is 0 Å². The summed E-state index contributed by atoms with van der Waals surface area (Å²) >= 11 is 0. The normalized spacial score (nSPS) is 15.6. The Morgan fingerprint density at radius 1 is 1.29 bits per heavy atom. The van der Waals surface area contributed by atoms with Gasteiger partial charge in [-0.05, 0) is 50.4 Å². The van der Waals surface area contributed by atoms with Gasteiger partial charge in [0.2, 0.25) is 0 Å². The van der Waals surface area contributed by atoms with E-state index in [9.17, 15) is 0 Å². The molecule has 0 saturated heterocycles. The first-order chi connectivity index (χ1) is 8.34. The van der Waals surface area contributed by atoms with Crippen LogP contribution in [0.1, 0.15) is 24.8 Å². The van der Waals surface area contributed by atoms with Crippen LogP contribution >= 0.6 is 0 Å². The van der Waals surface area contributed by atoms with Gasteiger partial charge in [-0.25, -0.2) is 0 Å². The highest BCUT2D eigenvalue weighted by Gasteiger charge is 2.19. The predicted octanol–water partition coefficient (Wildman–Crippen LogP) is 3.09. The van der Waals surface area contributed by atoms with E-state index in [4.69, 9.17) is 0 Å². The third-order valence-electron chi connectivity index (χ3n) is 3.62. The monoisotopic (exact) mass is 228 g/mol. The second-order valence-corrected chi connectivity index (χ2v) is 5.10. The Balaban J connectivity index is 1.65. The molecule has 0 atom stereocenters. The largest absolute Gasteiger partial charge is 0.347 e. The van der Waals surface area contributed by atoms with E-state index >= 15 is 0 Å². The highest BCUT2D eigenvalue weighted by atomic mass is 15.0. The Morgan fingerprint density at radius 2 is 2.18 bits per heavy atom. The van der Waals surface area contributed by atoms with E-state index in [0.29, 0.717) is 0 Å². The highest BCUT2D eigenvalue weighted by molar-refractivity contribution is 5.83. The van der Waals surface area contributed by atoms with Crippen LogP contribution in [0.4, 0.5) is 0 Å². The van der Waals surface area contributed by atoms with Gasteiger partial charge in [-0.1, -0.05) is 12.1 Å². The summed E-state index contributed by atoms with van der Waals surface area (Å²) in [6.07, 6.45) is 6.19. The van der Waals surface area contributed by atoms with E-state index in [-0.39, 0.29) is 0 Å². The topological polar surface area (TPSA) is 17.0 Å². The number of rotatable bonds is 5. The van der Waals surface area contributed by atoms with E-state index in [0.717, 1.165) is 19.1 Å². The molecule has 90 valence electrons. The lowest BCUT2D eigenvalue weighted by Gasteiger charge is -2.06. The van der Waals surface area contributed by atoms with Crippen molar-refractivity contribution in [2.75, 3.05) is 6.54 Å². The molecule has 1 aliphatic rings. The molecule has 1 aromatic heterocycles. The third-order valence-corrected chi connectivity index (χ3v) is 3.62. The van der Waals surface area contributed by atoms with Crippen LogP contribution in [0.5, 0.6) is 0 Å². The number of hydrogen-bond acceptors (Lipinski definition) is 1. The van der Waals surface area contributed by atoms with E-state index < -0.39 is 0 Å². The van der Waals surface area contributed by atoms with Gasteiger partial charge in [0.1, 0.15) is 0 Å². The molecule has 3 rings (SSSR count). The van der Waals surface area contributed by atoms with E-state index in [1.165, 1.54) is 35.7 Å². The van der Waals surface area contributed by atoms with Gasteiger partial charge in [-0.15, -0.1) is 0 Å². The number of nitrogens with zero attached hydrogens (tertiary/aromatic N) is 1. The molecule has 0 unspecified atom stereocenters. The Labute approximate surface area is 103 Å². The number of fused-ring (bicyclic) bond motifs is 1. The molecule has 1 aliphatic carbocycles. The fourth-order valence-corrected chi connectivity index (χ4v) is 2.42. The summed E-state index contributed by atoms with van der Waals surface area (Å²) in [4.78, 5) is 0. The summed E-state index contributed by atoms with van der Waals surface area (Å²) in [5, 5.41) is 4.96. The van der Waals surface area contributed by atoms with Gasteiger partial charge < -0.3 is 9.88 Å². The van der Waals surface area contributed by atoms with Crippen molar-refractivity contribution in [3.8, 4) is 0 Å². The molecular formula is C15H20N2. The fraction of sp³-hybridized carbons (Fsp3) is 0.467. The first kappa shape index (κ1) is 10.8. The van der Waals surface area contributed by atoms with Crippen LogP contribution in [-0.4, -0.2) is 17.2 Å². The van der Waals surface area contributed by atoms with Crippen molar-refractivity contribution >= 4 is 10.9 Å². The van der Waals surface area contributed by atoms with Gasteiger partial charge >= 0.3 is 0 Å². The lowest BCUT2D eigenvalue weighted by molar-refractivity contribution is 0.588. The molecule has 2 aromatic rings. The molecule has 2 nitrogen and oxygen atoms in total. The Morgan fingerprint density at radius 3 is 3.00 bits per heavy atom. The summed E-state index contributed by atoms with van der Waals surface area (Å²) in [7, 11) is 0. The first-order valence-electron chi connectivity index (χ1n) is 6.62. The molecule has 0 aliphatic heterocycles. The van der Waals surface area contributed by atoms with Gasteiger partial charge in [0, 0.05) is 29.7 Å². The van der Waals surface area contributed by atoms with Crippen LogP contribution in [0.2, 0.25) is 0 Å². The second kappa shape index (κ2) is 4.53. The molecule has 2 heteroatoms. The molecule has 1 fully saturated rings. The minimum atomic E-state index is 0.832. The smallest absolute Gasteiger partial charge is 0.0482 e. The summed E-state index contributed by atoms with van der Waals surface area (Å²) in [6.45, 7) is 4.45. The van der Waals surface area contributed by atoms with Gasteiger partial charge in [0.25, 0.3) is 0 Å². The molecule has 1 N–H and O–H groups in total. The third kappa shape index (κ3) is 2.37. The number of benzene rings is 1. The highest BCUT2D eigenvalue weighted by Crippen LogP contribution is 2.20. The summed E-state index contributed by atoms with van der Waals surface area (Å²) in [5.74, 6) is 0. The Bertz CT molecular complexity index is 509. The van der Waals surface area contributed by atoms with Crippen molar-refractivity contribution in [2.24, 2.45) is 0 Å². The molecule has 0 radical (unpaired) electrons. The van der Waals surface area contributed by atoms with Crippen molar-refractivity contribution in [1.29, 1.82) is 0 Å².